The number of amides is 1. The Morgan fingerprint density at radius 3 is 2.72 bits per heavy atom. The molecule has 1 aliphatic rings. The molecule has 0 atom stereocenters. The highest BCUT2D eigenvalue weighted by molar-refractivity contribution is 6.31. The number of quaternary nitrogens is 1. The van der Waals surface area contributed by atoms with Crippen LogP contribution in [-0.4, -0.2) is 44.1 Å². The molecule has 1 saturated heterocycles. The number of carbonyl (C=O) groups excluding carboxylic acids is 1. The lowest BCUT2D eigenvalue weighted by Gasteiger charge is -2.30. The monoisotopic (exact) mass is 268 g/mol. The molecule has 4 nitrogen and oxygen atoms in total. The van der Waals surface area contributed by atoms with Crippen molar-refractivity contribution in [3.05, 3.63) is 34.9 Å². The van der Waals surface area contributed by atoms with Gasteiger partial charge < -0.3 is 4.90 Å². The van der Waals surface area contributed by atoms with Gasteiger partial charge in [-0.25, -0.2) is 5.01 Å². The minimum atomic E-state index is 0.00246. The van der Waals surface area contributed by atoms with Crippen molar-refractivity contribution in [3.8, 4) is 0 Å². The van der Waals surface area contributed by atoms with E-state index in [1.165, 1.54) is 4.90 Å². The third-order valence-corrected chi connectivity index (χ3v) is 3.58. The lowest BCUT2D eigenvalue weighted by molar-refractivity contribution is -0.884. The van der Waals surface area contributed by atoms with Crippen molar-refractivity contribution in [2.45, 2.75) is 6.42 Å². The molecule has 0 saturated carbocycles. The molecule has 1 fully saturated rings. The van der Waals surface area contributed by atoms with Crippen LogP contribution in [0.15, 0.2) is 24.3 Å². The molecule has 98 valence electrons. The van der Waals surface area contributed by atoms with E-state index in [0.29, 0.717) is 11.4 Å². The zero-order valence-electron chi connectivity index (χ0n) is 10.6. The van der Waals surface area contributed by atoms with Gasteiger partial charge >= 0.3 is 0 Å². The van der Waals surface area contributed by atoms with Gasteiger partial charge in [0.1, 0.15) is 0 Å². The molecule has 0 aromatic heterocycles. The Hall–Kier alpha value is -1.10. The normalized spacial score (nSPS) is 17.7. The molecular weight excluding hydrogens is 250 g/mol. The summed E-state index contributed by atoms with van der Waals surface area (Å²) in [6.07, 6.45) is 0.332. The third kappa shape index (κ3) is 3.70. The maximum atomic E-state index is 11.9. The van der Waals surface area contributed by atoms with Crippen molar-refractivity contribution in [1.82, 2.24) is 10.4 Å². The van der Waals surface area contributed by atoms with Gasteiger partial charge in [-0.3, -0.25) is 10.2 Å². The largest absolute Gasteiger partial charge is 0.335 e. The van der Waals surface area contributed by atoms with E-state index in [0.717, 1.165) is 31.7 Å². The highest BCUT2D eigenvalue weighted by atomic mass is 35.5. The minimum absolute atomic E-state index is 0.00246. The van der Waals surface area contributed by atoms with E-state index in [-0.39, 0.29) is 5.91 Å². The van der Waals surface area contributed by atoms with Gasteiger partial charge in [0.2, 0.25) is 5.91 Å². The first kappa shape index (κ1) is 13.3. The summed E-state index contributed by atoms with van der Waals surface area (Å²) in [6.45, 7) is 3.93. The second kappa shape index (κ2) is 6.18. The lowest BCUT2D eigenvalue weighted by Crippen LogP contribution is -3.12. The van der Waals surface area contributed by atoms with E-state index >= 15 is 0 Å². The van der Waals surface area contributed by atoms with Crippen LogP contribution in [0.25, 0.3) is 0 Å². The first-order chi connectivity index (χ1) is 8.65. The van der Waals surface area contributed by atoms with E-state index < -0.39 is 0 Å². The molecule has 0 bridgehead atoms. The van der Waals surface area contributed by atoms with Crippen LogP contribution in [0, 0.1) is 0 Å². The van der Waals surface area contributed by atoms with E-state index in [4.69, 9.17) is 11.6 Å². The number of likely N-dealkylation sites (N-methyl/N-ethyl adjacent to an activating group) is 1. The summed E-state index contributed by atoms with van der Waals surface area (Å²) < 4.78 is 0. The van der Waals surface area contributed by atoms with Crippen molar-refractivity contribution in [2.24, 2.45) is 0 Å². The van der Waals surface area contributed by atoms with Crippen LogP contribution >= 0.6 is 11.6 Å². The summed E-state index contributed by atoms with van der Waals surface area (Å²) in [5, 5.41) is 2.64. The van der Waals surface area contributed by atoms with Crippen LogP contribution in [0.5, 0.6) is 0 Å². The lowest BCUT2D eigenvalue weighted by atomic mass is 10.1. The standard InChI is InChI=1S/C13H18ClN3O/c1-16-6-8-17(9-7-16)15-13(18)10-11-4-2-3-5-12(11)14/h2-5H,6-10H2,1H3,(H,15,18)/p+1. The van der Waals surface area contributed by atoms with Crippen molar-refractivity contribution in [2.75, 3.05) is 33.2 Å². The van der Waals surface area contributed by atoms with Gasteiger partial charge in [0.15, 0.2) is 0 Å². The summed E-state index contributed by atoms with van der Waals surface area (Å²) >= 11 is 6.03. The highest BCUT2D eigenvalue weighted by Gasteiger charge is 2.18. The molecule has 5 heteroatoms. The van der Waals surface area contributed by atoms with Crippen molar-refractivity contribution in [1.29, 1.82) is 0 Å². The van der Waals surface area contributed by atoms with Gasteiger partial charge in [-0.05, 0) is 11.6 Å². The molecule has 1 heterocycles. The number of nitrogens with one attached hydrogen (secondary N) is 2. The van der Waals surface area contributed by atoms with Crippen LogP contribution in [-0.2, 0) is 11.2 Å². The molecular formula is C13H19ClN3O+. The number of nitrogens with zero attached hydrogens (tertiary/aromatic N) is 1. The number of rotatable bonds is 3. The minimum Gasteiger partial charge on any atom is -0.335 e. The molecule has 1 aromatic carbocycles. The highest BCUT2D eigenvalue weighted by Crippen LogP contribution is 2.15. The van der Waals surface area contributed by atoms with Crippen molar-refractivity contribution < 1.29 is 9.69 Å². The molecule has 1 aromatic rings. The summed E-state index contributed by atoms with van der Waals surface area (Å²) in [5.41, 5.74) is 3.81. The smallest absolute Gasteiger partial charge is 0.238 e. The van der Waals surface area contributed by atoms with E-state index in [9.17, 15) is 4.79 Å². The molecule has 18 heavy (non-hydrogen) atoms. The Morgan fingerprint density at radius 1 is 1.39 bits per heavy atom. The number of hydrazine groups is 1. The molecule has 1 aliphatic heterocycles. The predicted molar refractivity (Wildman–Crippen MR) is 71.5 cm³/mol. The van der Waals surface area contributed by atoms with Crippen LogP contribution < -0.4 is 10.3 Å². The van der Waals surface area contributed by atoms with Gasteiger partial charge in [-0.15, -0.1) is 0 Å². The van der Waals surface area contributed by atoms with E-state index in [1.54, 1.807) is 0 Å². The van der Waals surface area contributed by atoms with Crippen LogP contribution in [0.2, 0.25) is 5.02 Å². The molecule has 0 unspecified atom stereocenters. The van der Waals surface area contributed by atoms with Crippen molar-refractivity contribution >= 4 is 17.5 Å². The average molecular weight is 269 g/mol. The number of halogens is 1. The first-order valence-corrected chi connectivity index (χ1v) is 6.62. The Balaban J connectivity index is 1.84. The second-order valence-corrected chi connectivity index (χ2v) is 5.15. The number of carbonyl (C=O) groups is 1. The van der Waals surface area contributed by atoms with Crippen LogP contribution in [0.3, 0.4) is 0 Å². The molecule has 0 spiro atoms. The summed E-state index contributed by atoms with van der Waals surface area (Å²) in [4.78, 5) is 13.4. The van der Waals surface area contributed by atoms with Gasteiger partial charge in [-0.1, -0.05) is 29.8 Å². The second-order valence-electron chi connectivity index (χ2n) is 4.75. The molecule has 0 radical (unpaired) electrons. The van der Waals surface area contributed by atoms with Gasteiger partial charge in [0, 0.05) is 5.02 Å². The molecule has 2 rings (SSSR count). The van der Waals surface area contributed by atoms with E-state index in [1.807, 2.05) is 29.3 Å². The third-order valence-electron chi connectivity index (χ3n) is 3.21. The Labute approximate surface area is 112 Å². The van der Waals surface area contributed by atoms with Crippen LogP contribution in [0.1, 0.15) is 5.56 Å². The average Bonchev–Trinajstić information content (AvgIpc) is 2.35. The number of hydrogen-bond acceptors (Lipinski definition) is 2. The van der Waals surface area contributed by atoms with Gasteiger partial charge in [-0.2, -0.15) is 0 Å². The Morgan fingerprint density at radius 2 is 2.06 bits per heavy atom. The van der Waals surface area contributed by atoms with Crippen LogP contribution in [0.4, 0.5) is 0 Å². The fourth-order valence-corrected chi connectivity index (χ4v) is 2.23. The number of hydrogen-bond donors (Lipinski definition) is 2. The summed E-state index contributed by atoms with van der Waals surface area (Å²) in [5.74, 6) is 0.00246. The Bertz CT molecular complexity index is 416. The maximum Gasteiger partial charge on any atom is 0.238 e. The maximum absolute atomic E-state index is 11.9. The van der Waals surface area contributed by atoms with Crippen molar-refractivity contribution in [3.63, 3.8) is 0 Å². The van der Waals surface area contributed by atoms with E-state index in [2.05, 4.69) is 12.5 Å². The zero-order chi connectivity index (χ0) is 13.0. The topological polar surface area (TPSA) is 36.8 Å². The van der Waals surface area contributed by atoms with Gasteiger partial charge in [0.05, 0.1) is 39.6 Å². The van der Waals surface area contributed by atoms with Gasteiger partial charge in [0.25, 0.3) is 0 Å². The summed E-state index contributed by atoms with van der Waals surface area (Å²) in [6, 6.07) is 7.46. The fourth-order valence-electron chi connectivity index (χ4n) is 2.03. The first-order valence-electron chi connectivity index (χ1n) is 6.24. The number of piperazine rings is 1. The number of benzene rings is 1. The Kier molecular flexibility index (Phi) is 4.58. The zero-order valence-corrected chi connectivity index (χ0v) is 11.3. The fraction of sp³-hybridized carbons (Fsp3) is 0.462. The predicted octanol–water partition coefficient (Wildman–Crippen LogP) is -0.256. The molecule has 2 N–H and O–H groups in total. The summed E-state index contributed by atoms with van der Waals surface area (Å²) in [7, 11) is 2.17. The molecule has 0 aliphatic carbocycles. The SMILES string of the molecule is C[NH+]1CCN(NC(=O)Cc2ccccc2Cl)CC1. The molecule has 1 amide bonds. The quantitative estimate of drug-likeness (QED) is 0.793.